The van der Waals surface area contributed by atoms with Crippen LogP contribution in [0.3, 0.4) is 0 Å². The van der Waals surface area contributed by atoms with Crippen LogP contribution in [0.15, 0.2) is 83.3 Å². The maximum absolute atomic E-state index is 13.7. The Kier molecular flexibility index (Phi) is 7.14. The first-order valence-electron chi connectivity index (χ1n) is 12.3. The summed E-state index contributed by atoms with van der Waals surface area (Å²) in [4.78, 5) is 13.7. The molecule has 1 aromatic heterocycles. The molecular weight excluding hydrogens is 496 g/mol. The van der Waals surface area contributed by atoms with E-state index in [4.69, 9.17) is 28.1 Å². The number of hydrogen-bond donors (Lipinski definition) is 0. The minimum absolute atomic E-state index is 0.299. The highest BCUT2D eigenvalue weighted by molar-refractivity contribution is 6.13. The molecule has 0 saturated heterocycles. The number of ether oxygens (including phenoxy) is 5. The van der Waals surface area contributed by atoms with Gasteiger partial charge in [0.15, 0.2) is 0 Å². The van der Waals surface area contributed by atoms with Crippen LogP contribution in [-0.4, -0.2) is 34.4 Å². The number of hydrogen-bond acceptors (Lipinski definition) is 7. The molecule has 0 spiro atoms. The molecule has 0 aliphatic heterocycles. The third kappa shape index (κ3) is 4.99. The molecule has 4 aromatic carbocycles. The maximum Gasteiger partial charge on any atom is 0.344 e. The van der Waals surface area contributed by atoms with Gasteiger partial charge < -0.3 is 28.1 Å². The Hall–Kier alpha value is -4.91. The molecule has 0 radical (unpaired) electrons. The van der Waals surface area contributed by atoms with Crippen molar-refractivity contribution >= 4 is 16.9 Å². The quantitative estimate of drug-likeness (QED) is 0.155. The molecule has 7 heteroatoms. The van der Waals surface area contributed by atoms with Crippen molar-refractivity contribution < 1.29 is 32.9 Å². The molecule has 0 unspecified atom stereocenters. The van der Waals surface area contributed by atoms with E-state index in [1.54, 1.807) is 52.7 Å². The number of fused-ring (bicyclic) bond motifs is 1. The first kappa shape index (κ1) is 25.7. The Morgan fingerprint density at radius 1 is 0.667 bits per heavy atom. The second-order valence-electron chi connectivity index (χ2n) is 8.84. The molecule has 0 amide bonds. The molecule has 0 aliphatic rings. The Morgan fingerprint density at radius 2 is 1.28 bits per heavy atom. The van der Waals surface area contributed by atoms with E-state index < -0.39 is 5.97 Å². The number of para-hydroxylation sites is 1. The van der Waals surface area contributed by atoms with Crippen LogP contribution in [0.25, 0.3) is 33.4 Å². The fourth-order valence-electron chi connectivity index (χ4n) is 4.48. The van der Waals surface area contributed by atoms with Crippen molar-refractivity contribution in [1.82, 2.24) is 0 Å². The molecule has 7 nitrogen and oxygen atoms in total. The van der Waals surface area contributed by atoms with Crippen molar-refractivity contribution in [3.05, 3.63) is 90.0 Å². The van der Waals surface area contributed by atoms with E-state index >= 15 is 0 Å². The predicted octanol–water partition coefficient (Wildman–Crippen LogP) is 7.33. The summed E-state index contributed by atoms with van der Waals surface area (Å²) in [5.41, 5.74) is 3.83. The summed E-state index contributed by atoms with van der Waals surface area (Å²) < 4.78 is 34.3. The molecule has 5 rings (SSSR count). The second kappa shape index (κ2) is 10.8. The van der Waals surface area contributed by atoms with Crippen molar-refractivity contribution in [2.75, 3.05) is 28.4 Å². The molecule has 0 bridgehead atoms. The lowest BCUT2D eigenvalue weighted by atomic mass is 9.95. The summed E-state index contributed by atoms with van der Waals surface area (Å²) >= 11 is 0. The Balaban J connectivity index is 1.81. The molecule has 0 aliphatic carbocycles. The van der Waals surface area contributed by atoms with Crippen LogP contribution in [0.2, 0.25) is 0 Å². The lowest BCUT2D eigenvalue weighted by molar-refractivity contribution is 0.0735. The largest absolute Gasteiger partial charge is 0.497 e. The lowest BCUT2D eigenvalue weighted by Crippen LogP contribution is -2.10. The van der Waals surface area contributed by atoms with Gasteiger partial charge in [-0.1, -0.05) is 18.2 Å². The van der Waals surface area contributed by atoms with Gasteiger partial charge >= 0.3 is 5.97 Å². The highest BCUT2D eigenvalue weighted by Crippen LogP contribution is 2.46. The number of esters is 1. The Morgan fingerprint density at radius 3 is 1.90 bits per heavy atom. The van der Waals surface area contributed by atoms with Crippen LogP contribution in [0.1, 0.15) is 15.9 Å². The SMILES string of the molecule is COc1ccc(-c2oc3cc(OC)cc(C(=O)Oc4ccccc4C)c3c2-c2cc(OC)cc(OC)c2)cc1. The molecule has 1 heterocycles. The maximum atomic E-state index is 13.7. The van der Waals surface area contributed by atoms with Crippen molar-refractivity contribution in [3.63, 3.8) is 0 Å². The van der Waals surface area contributed by atoms with Gasteiger partial charge in [0.05, 0.1) is 34.0 Å². The van der Waals surface area contributed by atoms with E-state index in [0.717, 1.165) is 16.7 Å². The van der Waals surface area contributed by atoms with Crippen molar-refractivity contribution in [3.8, 4) is 51.2 Å². The number of rotatable bonds is 8. The zero-order chi connectivity index (χ0) is 27.5. The molecule has 0 fully saturated rings. The average Bonchev–Trinajstić information content (AvgIpc) is 3.37. The lowest BCUT2D eigenvalue weighted by Gasteiger charge is -2.12. The summed E-state index contributed by atoms with van der Waals surface area (Å²) in [6.45, 7) is 1.89. The number of carbonyl (C=O) groups excluding carboxylic acids is 1. The number of carbonyl (C=O) groups is 1. The number of benzene rings is 4. The topological polar surface area (TPSA) is 76.4 Å². The van der Waals surface area contributed by atoms with Crippen LogP contribution in [0.4, 0.5) is 0 Å². The Bertz CT molecular complexity index is 1630. The van der Waals surface area contributed by atoms with Crippen LogP contribution >= 0.6 is 0 Å². The van der Waals surface area contributed by atoms with Gasteiger partial charge in [-0.25, -0.2) is 4.79 Å². The molecule has 39 heavy (non-hydrogen) atoms. The molecule has 5 aromatic rings. The molecule has 0 N–H and O–H groups in total. The normalized spacial score (nSPS) is 10.8. The minimum Gasteiger partial charge on any atom is -0.497 e. The summed E-state index contributed by atoms with van der Waals surface area (Å²) in [7, 11) is 6.33. The fourth-order valence-corrected chi connectivity index (χ4v) is 4.48. The molecule has 0 atom stereocenters. The van der Waals surface area contributed by atoms with E-state index in [2.05, 4.69) is 0 Å². The third-order valence-electron chi connectivity index (χ3n) is 6.51. The van der Waals surface area contributed by atoms with Crippen LogP contribution in [0, 0.1) is 6.92 Å². The van der Waals surface area contributed by atoms with Gasteiger partial charge in [0.25, 0.3) is 0 Å². The first-order valence-corrected chi connectivity index (χ1v) is 12.3. The first-order chi connectivity index (χ1) is 18.9. The molecule has 198 valence electrons. The number of methoxy groups -OCH3 is 4. The summed E-state index contributed by atoms with van der Waals surface area (Å²) in [5, 5.41) is 0.579. The van der Waals surface area contributed by atoms with Crippen molar-refractivity contribution in [2.45, 2.75) is 6.92 Å². The minimum atomic E-state index is -0.536. The zero-order valence-electron chi connectivity index (χ0n) is 22.4. The van der Waals surface area contributed by atoms with E-state index in [-0.39, 0.29) is 0 Å². The summed E-state index contributed by atoms with van der Waals surface area (Å²) in [6, 6.07) is 23.8. The molecule has 0 saturated carbocycles. The van der Waals surface area contributed by atoms with Gasteiger partial charge in [0.2, 0.25) is 0 Å². The second-order valence-corrected chi connectivity index (χ2v) is 8.84. The number of furan rings is 1. The highest BCUT2D eigenvalue weighted by Gasteiger charge is 2.26. The Labute approximate surface area is 226 Å². The molecular formula is C32H28O7. The summed E-state index contributed by atoms with van der Waals surface area (Å²) in [5.74, 6) is 2.86. The smallest absolute Gasteiger partial charge is 0.344 e. The monoisotopic (exact) mass is 524 g/mol. The van der Waals surface area contributed by atoms with E-state index in [0.29, 0.717) is 56.6 Å². The predicted molar refractivity (Wildman–Crippen MR) is 149 cm³/mol. The van der Waals surface area contributed by atoms with E-state index in [9.17, 15) is 4.79 Å². The highest BCUT2D eigenvalue weighted by atomic mass is 16.5. The number of aryl methyl sites for hydroxylation is 1. The van der Waals surface area contributed by atoms with Gasteiger partial charge in [0.1, 0.15) is 40.1 Å². The van der Waals surface area contributed by atoms with Crippen molar-refractivity contribution in [2.24, 2.45) is 0 Å². The van der Waals surface area contributed by atoms with Gasteiger partial charge in [-0.05, 0) is 66.6 Å². The standard InChI is InChI=1S/C32H28O7/c1-19-8-6-7-9-27(19)39-32(33)26-17-25(37-5)18-28-30(26)29(21-14-23(35-3)16-24(15-21)36-4)31(38-28)20-10-12-22(34-2)13-11-20/h6-18H,1-5H3. The average molecular weight is 525 g/mol. The third-order valence-corrected chi connectivity index (χ3v) is 6.51. The van der Waals surface area contributed by atoms with Gasteiger partial charge in [0, 0.05) is 28.6 Å². The van der Waals surface area contributed by atoms with Gasteiger partial charge in [-0.3, -0.25) is 0 Å². The fraction of sp³-hybridized carbons (Fsp3) is 0.156. The van der Waals surface area contributed by atoms with Crippen LogP contribution in [-0.2, 0) is 0 Å². The van der Waals surface area contributed by atoms with Crippen molar-refractivity contribution in [1.29, 1.82) is 0 Å². The summed E-state index contributed by atoms with van der Waals surface area (Å²) in [6.07, 6.45) is 0. The van der Waals surface area contributed by atoms with Gasteiger partial charge in [-0.2, -0.15) is 0 Å². The zero-order valence-corrected chi connectivity index (χ0v) is 22.4. The van der Waals surface area contributed by atoms with Gasteiger partial charge in [-0.15, -0.1) is 0 Å². The van der Waals surface area contributed by atoms with Crippen LogP contribution in [0.5, 0.6) is 28.7 Å². The van der Waals surface area contributed by atoms with E-state index in [1.165, 1.54) is 0 Å². The van der Waals surface area contributed by atoms with Crippen LogP contribution < -0.4 is 23.7 Å². The van der Waals surface area contributed by atoms with E-state index in [1.807, 2.05) is 61.5 Å².